The predicted octanol–water partition coefficient (Wildman–Crippen LogP) is -0.493. The van der Waals surface area contributed by atoms with E-state index in [0.29, 0.717) is 0 Å². The molecule has 3 N–H and O–H groups in total. The Morgan fingerprint density at radius 3 is 2.28 bits per heavy atom. The number of amides is 1. The minimum Gasteiger partial charge on any atom is -0.480 e. The van der Waals surface area contributed by atoms with Gasteiger partial charge in [0.15, 0.2) is 0 Å². The molecule has 0 fully saturated rings. The van der Waals surface area contributed by atoms with E-state index in [2.05, 4.69) is 15.4 Å². The SMILES string of the molecule is CNC(C)(C)C(=O)N[C@@H](CCC(=O)OC)C(=O)O. The molecular formula is C11H20N2O5. The first kappa shape index (κ1) is 16.4. The molecule has 0 saturated carbocycles. The fraction of sp³-hybridized carbons (Fsp3) is 0.727. The summed E-state index contributed by atoms with van der Waals surface area (Å²) in [5, 5.41) is 14.1. The average molecular weight is 260 g/mol. The lowest BCUT2D eigenvalue weighted by molar-refractivity contribution is -0.144. The lowest BCUT2D eigenvalue weighted by Crippen LogP contribution is -2.55. The first-order valence-electron chi connectivity index (χ1n) is 5.54. The van der Waals surface area contributed by atoms with Crippen LogP contribution in [0.25, 0.3) is 0 Å². The summed E-state index contributed by atoms with van der Waals surface area (Å²) in [7, 11) is 2.82. The summed E-state index contributed by atoms with van der Waals surface area (Å²) >= 11 is 0. The van der Waals surface area contributed by atoms with E-state index < -0.39 is 29.4 Å². The lowest BCUT2D eigenvalue weighted by atomic mass is 10.0. The Bertz CT molecular complexity index is 327. The summed E-state index contributed by atoms with van der Waals surface area (Å²) in [5.74, 6) is -2.13. The van der Waals surface area contributed by atoms with E-state index in [1.165, 1.54) is 7.11 Å². The van der Waals surface area contributed by atoms with Crippen molar-refractivity contribution in [3.05, 3.63) is 0 Å². The standard InChI is InChI=1S/C11H20N2O5/c1-11(2,12-3)10(17)13-7(9(15)16)5-6-8(14)18-4/h7,12H,5-6H2,1-4H3,(H,13,17)(H,15,16)/t7-/m0/s1. The third-order valence-electron chi connectivity index (χ3n) is 2.66. The van der Waals surface area contributed by atoms with Crippen LogP contribution in [0.2, 0.25) is 0 Å². The van der Waals surface area contributed by atoms with Gasteiger partial charge in [0.25, 0.3) is 0 Å². The third-order valence-corrected chi connectivity index (χ3v) is 2.66. The number of esters is 1. The first-order chi connectivity index (χ1) is 8.24. The molecule has 0 saturated heterocycles. The molecule has 1 atom stereocenters. The monoisotopic (exact) mass is 260 g/mol. The zero-order valence-electron chi connectivity index (χ0n) is 11.1. The molecule has 1 amide bonds. The molecule has 7 heteroatoms. The molecule has 0 heterocycles. The van der Waals surface area contributed by atoms with Crippen molar-refractivity contribution in [3.8, 4) is 0 Å². The molecule has 0 aliphatic heterocycles. The average Bonchev–Trinajstić information content (AvgIpc) is 2.32. The molecule has 0 aliphatic rings. The molecule has 0 rings (SSSR count). The molecule has 0 aromatic carbocycles. The maximum absolute atomic E-state index is 11.8. The number of carboxylic acid groups (broad SMARTS) is 1. The Labute approximate surface area is 106 Å². The van der Waals surface area contributed by atoms with Gasteiger partial charge in [0.1, 0.15) is 6.04 Å². The molecule has 104 valence electrons. The van der Waals surface area contributed by atoms with Gasteiger partial charge in [-0.05, 0) is 27.3 Å². The Kier molecular flexibility index (Phi) is 6.32. The molecule has 0 aromatic rings. The van der Waals surface area contributed by atoms with Crippen LogP contribution in [0.4, 0.5) is 0 Å². The van der Waals surface area contributed by atoms with Gasteiger partial charge in [-0.25, -0.2) is 4.79 Å². The highest BCUT2D eigenvalue weighted by atomic mass is 16.5. The zero-order valence-corrected chi connectivity index (χ0v) is 11.1. The molecular weight excluding hydrogens is 240 g/mol. The van der Waals surface area contributed by atoms with E-state index in [4.69, 9.17) is 5.11 Å². The zero-order chi connectivity index (χ0) is 14.3. The van der Waals surface area contributed by atoms with Crippen molar-refractivity contribution >= 4 is 17.8 Å². The van der Waals surface area contributed by atoms with Crippen LogP contribution < -0.4 is 10.6 Å². The summed E-state index contributed by atoms with van der Waals surface area (Å²) < 4.78 is 4.42. The second-order valence-corrected chi connectivity index (χ2v) is 4.35. The quantitative estimate of drug-likeness (QED) is 0.533. The molecule has 18 heavy (non-hydrogen) atoms. The van der Waals surface area contributed by atoms with Crippen LogP contribution in [-0.2, 0) is 19.1 Å². The van der Waals surface area contributed by atoms with Gasteiger partial charge in [-0.15, -0.1) is 0 Å². The minimum absolute atomic E-state index is 0.00641. The van der Waals surface area contributed by atoms with Crippen LogP contribution >= 0.6 is 0 Å². The normalized spacial score (nSPS) is 12.7. The van der Waals surface area contributed by atoms with Crippen LogP contribution in [0.3, 0.4) is 0 Å². The number of carbonyl (C=O) groups excluding carboxylic acids is 2. The fourth-order valence-corrected chi connectivity index (χ4v) is 1.07. The number of ether oxygens (including phenoxy) is 1. The number of carboxylic acids is 1. The topological polar surface area (TPSA) is 105 Å². The van der Waals surface area contributed by atoms with Crippen molar-refractivity contribution in [2.24, 2.45) is 0 Å². The highest BCUT2D eigenvalue weighted by Crippen LogP contribution is 2.05. The molecule has 0 radical (unpaired) electrons. The molecule has 0 unspecified atom stereocenters. The van der Waals surface area contributed by atoms with Gasteiger partial charge in [0.05, 0.1) is 12.6 Å². The Balaban J connectivity index is 4.50. The fourth-order valence-electron chi connectivity index (χ4n) is 1.07. The van der Waals surface area contributed by atoms with Gasteiger partial charge in [-0.2, -0.15) is 0 Å². The van der Waals surface area contributed by atoms with Crippen LogP contribution in [0.1, 0.15) is 26.7 Å². The molecule has 0 aromatic heterocycles. The van der Waals surface area contributed by atoms with Crippen molar-refractivity contribution in [1.29, 1.82) is 0 Å². The second-order valence-electron chi connectivity index (χ2n) is 4.35. The summed E-state index contributed by atoms with van der Waals surface area (Å²) in [4.78, 5) is 33.7. The molecule has 0 bridgehead atoms. The van der Waals surface area contributed by atoms with Gasteiger partial charge >= 0.3 is 11.9 Å². The van der Waals surface area contributed by atoms with E-state index in [1.54, 1.807) is 20.9 Å². The Morgan fingerprint density at radius 1 is 1.33 bits per heavy atom. The van der Waals surface area contributed by atoms with Crippen molar-refractivity contribution in [2.75, 3.05) is 14.2 Å². The van der Waals surface area contributed by atoms with E-state index in [1.807, 2.05) is 0 Å². The van der Waals surface area contributed by atoms with E-state index in [0.717, 1.165) is 0 Å². The summed E-state index contributed by atoms with van der Waals surface area (Å²) in [5.41, 5.74) is -0.876. The number of aliphatic carboxylic acids is 1. The first-order valence-corrected chi connectivity index (χ1v) is 5.54. The number of rotatable bonds is 7. The number of likely N-dealkylation sites (N-methyl/N-ethyl adjacent to an activating group) is 1. The van der Waals surface area contributed by atoms with Crippen LogP contribution in [-0.4, -0.2) is 48.7 Å². The highest BCUT2D eigenvalue weighted by molar-refractivity contribution is 5.89. The van der Waals surface area contributed by atoms with Gasteiger partial charge in [0.2, 0.25) is 5.91 Å². The Morgan fingerprint density at radius 2 is 1.89 bits per heavy atom. The van der Waals surface area contributed by atoms with Crippen molar-refractivity contribution in [1.82, 2.24) is 10.6 Å². The van der Waals surface area contributed by atoms with Crippen molar-refractivity contribution < 1.29 is 24.2 Å². The molecule has 0 spiro atoms. The van der Waals surface area contributed by atoms with E-state index in [-0.39, 0.29) is 12.8 Å². The number of methoxy groups -OCH3 is 1. The summed E-state index contributed by atoms with van der Waals surface area (Å²) in [6.45, 7) is 3.25. The van der Waals surface area contributed by atoms with Crippen LogP contribution in [0.15, 0.2) is 0 Å². The number of nitrogens with one attached hydrogen (secondary N) is 2. The van der Waals surface area contributed by atoms with Crippen LogP contribution in [0.5, 0.6) is 0 Å². The third kappa shape index (κ3) is 5.13. The smallest absolute Gasteiger partial charge is 0.326 e. The van der Waals surface area contributed by atoms with E-state index in [9.17, 15) is 14.4 Å². The van der Waals surface area contributed by atoms with Gasteiger partial charge in [0, 0.05) is 6.42 Å². The van der Waals surface area contributed by atoms with Gasteiger partial charge in [-0.1, -0.05) is 0 Å². The maximum atomic E-state index is 11.8. The predicted molar refractivity (Wildman–Crippen MR) is 64.0 cm³/mol. The summed E-state index contributed by atoms with van der Waals surface area (Å²) in [6.07, 6.45) is -0.0682. The second kappa shape index (κ2) is 6.95. The van der Waals surface area contributed by atoms with Crippen molar-refractivity contribution in [3.63, 3.8) is 0 Å². The van der Waals surface area contributed by atoms with Gasteiger partial charge in [-0.3, -0.25) is 9.59 Å². The lowest BCUT2D eigenvalue weighted by Gasteiger charge is -2.25. The number of hydrogen-bond donors (Lipinski definition) is 3. The molecule has 7 nitrogen and oxygen atoms in total. The van der Waals surface area contributed by atoms with Crippen LogP contribution in [0, 0.1) is 0 Å². The van der Waals surface area contributed by atoms with Gasteiger partial charge < -0.3 is 20.5 Å². The minimum atomic E-state index is -1.18. The van der Waals surface area contributed by atoms with Crippen molar-refractivity contribution in [2.45, 2.75) is 38.3 Å². The molecule has 0 aliphatic carbocycles. The number of hydrogen-bond acceptors (Lipinski definition) is 5. The highest BCUT2D eigenvalue weighted by Gasteiger charge is 2.30. The Hall–Kier alpha value is -1.63. The summed E-state index contributed by atoms with van der Waals surface area (Å²) in [6, 6.07) is -1.11. The maximum Gasteiger partial charge on any atom is 0.326 e. The number of carbonyl (C=O) groups is 3. The largest absolute Gasteiger partial charge is 0.480 e. The van der Waals surface area contributed by atoms with E-state index >= 15 is 0 Å².